The zero-order valence-corrected chi connectivity index (χ0v) is 12.7. The highest BCUT2D eigenvalue weighted by molar-refractivity contribution is 6.21. The minimum absolute atomic E-state index is 0.231. The monoisotopic (exact) mass is 278 g/mol. The topological polar surface area (TPSA) is 17.1 Å². The van der Waals surface area contributed by atoms with Gasteiger partial charge in [-0.1, -0.05) is 24.3 Å². The minimum Gasteiger partial charge on any atom is -0.289 e. The van der Waals surface area contributed by atoms with E-state index >= 15 is 0 Å². The second-order valence-electron chi connectivity index (χ2n) is 8.07. The highest BCUT2D eigenvalue weighted by atomic mass is 16.1. The lowest BCUT2D eigenvalue weighted by Gasteiger charge is -2.57. The molecule has 1 heteroatoms. The lowest BCUT2D eigenvalue weighted by Crippen LogP contribution is -2.47. The second kappa shape index (κ2) is 3.88. The fourth-order valence-electron chi connectivity index (χ4n) is 6.50. The largest absolute Gasteiger partial charge is 0.289 e. The summed E-state index contributed by atoms with van der Waals surface area (Å²) in [5.41, 5.74) is 4.89. The summed E-state index contributed by atoms with van der Waals surface area (Å²) in [4.78, 5) is 13.1. The molecule has 0 spiro atoms. The zero-order chi connectivity index (χ0) is 14.2. The molecule has 0 amide bonds. The van der Waals surface area contributed by atoms with Crippen LogP contribution in [-0.4, -0.2) is 5.78 Å². The van der Waals surface area contributed by atoms with E-state index in [-0.39, 0.29) is 5.41 Å². The van der Waals surface area contributed by atoms with Crippen LogP contribution in [0.4, 0.5) is 0 Å². The Hall–Kier alpha value is -1.37. The molecule has 0 aliphatic heterocycles. The van der Waals surface area contributed by atoms with Gasteiger partial charge in [0, 0.05) is 16.6 Å². The number of Topliss-reactive ketones (excluding diaryl/α,β-unsaturated/α-hetero) is 1. The van der Waals surface area contributed by atoms with E-state index in [0.717, 1.165) is 23.3 Å². The lowest BCUT2D eigenvalue weighted by molar-refractivity contribution is -0.0292. The van der Waals surface area contributed by atoms with Crippen LogP contribution in [0.3, 0.4) is 0 Å². The van der Waals surface area contributed by atoms with E-state index in [4.69, 9.17) is 0 Å². The molecule has 4 fully saturated rings. The van der Waals surface area contributed by atoms with Gasteiger partial charge in [0.25, 0.3) is 0 Å². The van der Waals surface area contributed by atoms with Gasteiger partial charge in [0.05, 0.1) is 0 Å². The number of ketones is 1. The van der Waals surface area contributed by atoms with Crippen LogP contribution >= 0.6 is 0 Å². The summed E-state index contributed by atoms with van der Waals surface area (Å²) in [6.45, 7) is 2.19. The number of carbonyl (C=O) groups excluding carboxylic acids is 1. The van der Waals surface area contributed by atoms with Crippen LogP contribution in [0.5, 0.6) is 0 Å². The van der Waals surface area contributed by atoms with Crippen molar-refractivity contribution in [1.29, 1.82) is 0 Å². The molecule has 4 saturated carbocycles. The first-order valence-corrected chi connectivity index (χ1v) is 8.52. The van der Waals surface area contributed by atoms with E-state index in [9.17, 15) is 4.79 Å². The summed E-state index contributed by atoms with van der Waals surface area (Å²) in [5.74, 6) is 3.04. The highest BCUT2D eigenvalue weighted by Crippen LogP contribution is 2.64. The van der Waals surface area contributed by atoms with E-state index < -0.39 is 0 Å². The third-order valence-corrected chi connectivity index (χ3v) is 6.75. The predicted octanol–water partition coefficient (Wildman–Crippen LogP) is 4.87. The molecule has 0 atom stereocenters. The SMILES string of the molecule is CC1=C(C23CC4CC(CC(C4)C2)C3)C(=O)c2ccccc21. The van der Waals surface area contributed by atoms with E-state index in [0.29, 0.717) is 5.78 Å². The minimum atomic E-state index is 0.231. The first-order valence-electron chi connectivity index (χ1n) is 8.52. The molecule has 4 bridgehead atoms. The fraction of sp³-hybridized carbons (Fsp3) is 0.550. The molecule has 1 aromatic carbocycles. The molecular formula is C20H22O. The van der Waals surface area contributed by atoms with Crippen LogP contribution in [0.1, 0.15) is 61.4 Å². The Bertz CT molecular complexity index is 644. The molecule has 0 N–H and O–H groups in total. The normalized spacial score (nSPS) is 40.0. The highest BCUT2D eigenvalue weighted by Gasteiger charge is 2.55. The van der Waals surface area contributed by atoms with Crippen molar-refractivity contribution in [3.05, 3.63) is 41.0 Å². The van der Waals surface area contributed by atoms with Crippen LogP contribution in [0.25, 0.3) is 5.57 Å². The summed E-state index contributed by atoms with van der Waals surface area (Å²) < 4.78 is 0. The molecule has 0 unspecified atom stereocenters. The molecule has 108 valence electrons. The lowest BCUT2D eigenvalue weighted by atomic mass is 9.47. The maximum Gasteiger partial charge on any atom is 0.190 e. The van der Waals surface area contributed by atoms with Crippen molar-refractivity contribution in [1.82, 2.24) is 0 Å². The quantitative estimate of drug-likeness (QED) is 0.716. The Kier molecular flexibility index (Phi) is 2.25. The predicted molar refractivity (Wildman–Crippen MR) is 84.0 cm³/mol. The van der Waals surface area contributed by atoms with Crippen molar-refractivity contribution in [2.45, 2.75) is 45.4 Å². The number of hydrogen-bond acceptors (Lipinski definition) is 1. The molecule has 0 radical (unpaired) electrons. The molecule has 5 aliphatic carbocycles. The van der Waals surface area contributed by atoms with Gasteiger partial charge in [0.2, 0.25) is 0 Å². The Morgan fingerprint density at radius 2 is 1.43 bits per heavy atom. The molecule has 1 nitrogen and oxygen atoms in total. The number of carbonyl (C=O) groups is 1. The van der Waals surface area contributed by atoms with E-state index in [1.165, 1.54) is 55.2 Å². The van der Waals surface area contributed by atoms with Gasteiger partial charge < -0.3 is 0 Å². The smallest absolute Gasteiger partial charge is 0.190 e. The van der Waals surface area contributed by atoms with E-state index in [1.54, 1.807) is 0 Å². The second-order valence-corrected chi connectivity index (χ2v) is 8.07. The fourth-order valence-corrected chi connectivity index (χ4v) is 6.50. The van der Waals surface area contributed by atoms with Crippen molar-refractivity contribution < 1.29 is 4.79 Å². The average molecular weight is 278 g/mol. The molecule has 5 aliphatic rings. The van der Waals surface area contributed by atoms with E-state index in [2.05, 4.69) is 19.1 Å². The Morgan fingerprint density at radius 1 is 0.905 bits per heavy atom. The van der Waals surface area contributed by atoms with Gasteiger partial charge in [0.1, 0.15) is 0 Å². The van der Waals surface area contributed by atoms with Crippen LogP contribution in [-0.2, 0) is 0 Å². The van der Waals surface area contributed by atoms with Gasteiger partial charge in [-0.25, -0.2) is 0 Å². The number of hydrogen-bond donors (Lipinski definition) is 0. The number of benzene rings is 1. The standard InChI is InChI=1S/C20H22O/c1-12-16-4-2-3-5-17(16)19(21)18(12)20-9-13-6-14(10-20)8-15(7-13)11-20/h2-5,13-15H,6-11H2,1H3. The maximum absolute atomic E-state index is 13.1. The van der Waals surface area contributed by atoms with Crippen LogP contribution in [0.15, 0.2) is 29.8 Å². The van der Waals surface area contributed by atoms with Crippen LogP contribution in [0, 0.1) is 23.2 Å². The van der Waals surface area contributed by atoms with Crippen molar-refractivity contribution >= 4 is 11.4 Å². The molecule has 0 saturated heterocycles. The summed E-state index contributed by atoms with van der Waals surface area (Å²) in [7, 11) is 0. The van der Waals surface area contributed by atoms with Crippen LogP contribution < -0.4 is 0 Å². The number of fused-ring (bicyclic) bond motifs is 1. The van der Waals surface area contributed by atoms with Gasteiger partial charge in [-0.3, -0.25) is 4.79 Å². The van der Waals surface area contributed by atoms with Gasteiger partial charge >= 0.3 is 0 Å². The first kappa shape index (κ1) is 12.2. The van der Waals surface area contributed by atoms with Gasteiger partial charge in [0.15, 0.2) is 5.78 Å². The van der Waals surface area contributed by atoms with Crippen molar-refractivity contribution in [2.75, 3.05) is 0 Å². The van der Waals surface area contributed by atoms with E-state index in [1.807, 2.05) is 12.1 Å². The molecule has 0 heterocycles. The summed E-state index contributed by atoms with van der Waals surface area (Å²) in [6, 6.07) is 8.23. The maximum atomic E-state index is 13.1. The third-order valence-electron chi connectivity index (χ3n) is 6.75. The van der Waals surface area contributed by atoms with Crippen molar-refractivity contribution in [2.24, 2.45) is 23.2 Å². The molecule has 21 heavy (non-hydrogen) atoms. The van der Waals surface area contributed by atoms with Crippen LogP contribution in [0.2, 0.25) is 0 Å². The Labute approximate surface area is 126 Å². The first-order chi connectivity index (χ1) is 10.2. The van der Waals surface area contributed by atoms with Gasteiger partial charge in [-0.2, -0.15) is 0 Å². The number of rotatable bonds is 1. The molecule has 6 rings (SSSR count). The summed E-state index contributed by atoms with van der Waals surface area (Å²) in [5, 5.41) is 0. The molecule has 0 aromatic heterocycles. The zero-order valence-electron chi connectivity index (χ0n) is 12.7. The van der Waals surface area contributed by atoms with Gasteiger partial charge in [-0.15, -0.1) is 0 Å². The average Bonchev–Trinajstić information content (AvgIpc) is 2.70. The van der Waals surface area contributed by atoms with Gasteiger partial charge in [-0.05, 0) is 74.3 Å². The molecule has 1 aromatic rings. The summed E-state index contributed by atoms with van der Waals surface area (Å²) in [6.07, 6.45) is 8.16. The van der Waals surface area contributed by atoms with Crippen molar-refractivity contribution in [3.63, 3.8) is 0 Å². The third kappa shape index (κ3) is 1.50. The molecular weight excluding hydrogens is 256 g/mol. The van der Waals surface area contributed by atoms with Crippen molar-refractivity contribution in [3.8, 4) is 0 Å². The summed E-state index contributed by atoms with van der Waals surface area (Å²) >= 11 is 0. The Morgan fingerprint density at radius 3 is 1.95 bits per heavy atom. The number of allylic oxidation sites excluding steroid dienone is 2. The Balaban J connectivity index is 1.66.